The number of nitrogens with zero attached hydrogens (tertiary/aromatic N) is 5. The summed E-state index contributed by atoms with van der Waals surface area (Å²) < 4.78 is 1.91. The van der Waals surface area contributed by atoms with Crippen molar-refractivity contribution in [2.45, 2.75) is 50.5 Å². The Labute approximate surface area is 138 Å². The van der Waals surface area contributed by atoms with Gasteiger partial charge in [0, 0.05) is 38.0 Å². The molecule has 2 aromatic rings. The molecule has 2 aromatic heterocycles. The number of aryl methyl sites for hydroxylation is 1. The summed E-state index contributed by atoms with van der Waals surface area (Å²) in [5.74, 6) is 1.15. The van der Waals surface area contributed by atoms with Gasteiger partial charge >= 0.3 is 5.69 Å². The maximum absolute atomic E-state index is 12.1. The molecule has 1 amide bonds. The Bertz CT molecular complexity index is 765. The van der Waals surface area contributed by atoms with Crippen molar-refractivity contribution in [1.29, 1.82) is 0 Å². The van der Waals surface area contributed by atoms with Crippen LogP contribution in [0.3, 0.4) is 0 Å². The second kappa shape index (κ2) is 6.21. The molecule has 4 rings (SSSR count). The molecular formula is C15H21N7O2. The Kier molecular flexibility index (Phi) is 3.91. The molecule has 0 aromatic carbocycles. The predicted molar refractivity (Wildman–Crippen MR) is 84.4 cm³/mol. The van der Waals surface area contributed by atoms with Crippen molar-refractivity contribution in [3.8, 4) is 0 Å². The highest BCUT2D eigenvalue weighted by Crippen LogP contribution is 2.33. The third kappa shape index (κ3) is 2.98. The van der Waals surface area contributed by atoms with Gasteiger partial charge in [-0.3, -0.25) is 9.78 Å². The second-order valence-corrected chi connectivity index (χ2v) is 6.68. The van der Waals surface area contributed by atoms with Crippen molar-refractivity contribution < 1.29 is 4.79 Å². The number of nitrogens with one attached hydrogen (secondary N) is 2. The van der Waals surface area contributed by atoms with E-state index in [-0.39, 0.29) is 17.6 Å². The van der Waals surface area contributed by atoms with Crippen LogP contribution in [0.1, 0.15) is 55.6 Å². The summed E-state index contributed by atoms with van der Waals surface area (Å²) in [6, 6.07) is 0.224. The summed E-state index contributed by atoms with van der Waals surface area (Å²) in [7, 11) is 0. The number of amides is 1. The van der Waals surface area contributed by atoms with Crippen molar-refractivity contribution in [1.82, 2.24) is 35.1 Å². The molecule has 0 spiro atoms. The van der Waals surface area contributed by atoms with E-state index in [1.807, 2.05) is 9.58 Å². The lowest BCUT2D eigenvalue weighted by Gasteiger charge is -2.38. The van der Waals surface area contributed by atoms with Crippen LogP contribution in [0.25, 0.3) is 0 Å². The Morgan fingerprint density at radius 3 is 2.79 bits per heavy atom. The van der Waals surface area contributed by atoms with E-state index in [0.717, 1.165) is 5.69 Å². The highest BCUT2D eigenvalue weighted by Gasteiger charge is 2.33. The van der Waals surface area contributed by atoms with E-state index < -0.39 is 0 Å². The largest absolute Gasteiger partial charge is 0.340 e. The molecule has 9 heteroatoms. The summed E-state index contributed by atoms with van der Waals surface area (Å²) >= 11 is 0. The molecule has 2 fully saturated rings. The topological polar surface area (TPSA) is 113 Å². The number of likely N-dealkylation sites (tertiary alicyclic amines) is 1. The van der Waals surface area contributed by atoms with E-state index in [1.54, 1.807) is 0 Å². The fourth-order valence-corrected chi connectivity index (χ4v) is 3.51. The number of aromatic nitrogens is 6. The number of H-pyrrole nitrogens is 2. The molecule has 24 heavy (non-hydrogen) atoms. The Morgan fingerprint density at radius 2 is 2.08 bits per heavy atom. The van der Waals surface area contributed by atoms with Crippen LogP contribution < -0.4 is 5.69 Å². The zero-order valence-corrected chi connectivity index (χ0v) is 13.4. The Hall–Kier alpha value is -2.45. The molecule has 9 nitrogen and oxygen atoms in total. The molecule has 1 saturated carbocycles. The van der Waals surface area contributed by atoms with Gasteiger partial charge in [-0.15, -0.1) is 5.10 Å². The first-order chi connectivity index (χ1) is 11.7. The maximum Gasteiger partial charge on any atom is 0.340 e. The zero-order chi connectivity index (χ0) is 16.5. The number of carbonyl (C=O) groups is 1. The molecular weight excluding hydrogens is 310 g/mol. The van der Waals surface area contributed by atoms with Gasteiger partial charge in [-0.05, 0) is 12.8 Å². The van der Waals surface area contributed by atoms with Gasteiger partial charge in [-0.25, -0.2) is 14.6 Å². The summed E-state index contributed by atoms with van der Waals surface area (Å²) in [6.07, 6.45) is 7.82. The number of hydrogen-bond donors (Lipinski definition) is 2. The average molecular weight is 331 g/mol. The summed E-state index contributed by atoms with van der Waals surface area (Å²) in [4.78, 5) is 27.5. The van der Waals surface area contributed by atoms with Gasteiger partial charge in [-0.1, -0.05) is 18.1 Å². The van der Waals surface area contributed by atoms with Crippen LogP contribution in [0.4, 0.5) is 0 Å². The Morgan fingerprint density at radius 1 is 1.29 bits per heavy atom. The molecule has 1 saturated heterocycles. The van der Waals surface area contributed by atoms with Gasteiger partial charge in [0.25, 0.3) is 0 Å². The third-order valence-corrected chi connectivity index (χ3v) is 5.02. The molecule has 0 bridgehead atoms. The fraction of sp³-hybridized carbons (Fsp3) is 0.667. The van der Waals surface area contributed by atoms with Gasteiger partial charge in [0.2, 0.25) is 5.91 Å². The van der Waals surface area contributed by atoms with Gasteiger partial charge in [-0.2, -0.15) is 5.10 Å². The number of hydrogen-bond acceptors (Lipinski definition) is 5. The molecule has 0 radical (unpaired) electrons. The van der Waals surface area contributed by atoms with Crippen LogP contribution in [-0.4, -0.2) is 54.1 Å². The van der Waals surface area contributed by atoms with Gasteiger partial charge < -0.3 is 4.90 Å². The van der Waals surface area contributed by atoms with Crippen LogP contribution in [0.5, 0.6) is 0 Å². The van der Waals surface area contributed by atoms with Gasteiger partial charge in [0.15, 0.2) is 0 Å². The van der Waals surface area contributed by atoms with Crippen LogP contribution in [0, 0.1) is 0 Å². The zero-order valence-electron chi connectivity index (χ0n) is 13.4. The van der Waals surface area contributed by atoms with Crippen molar-refractivity contribution >= 4 is 5.91 Å². The minimum absolute atomic E-state index is 0.0752. The third-order valence-electron chi connectivity index (χ3n) is 5.02. The molecule has 1 aliphatic heterocycles. The minimum atomic E-state index is -0.342. The number of rotatable bonds is 5. The van der Waals surface area contributed by atoms with E-state index >= 15 is 0 Å². The van der Waals surface area contributed by atoms with E-state index in [9.17, 15) is 9.59 Å². The van der Waals surface area contributed by atoms with Crippen molar-refractivity contribution in [3.05, 3.63) is 28.2 Å². The summed E-state index contributed by atoms with van der Waals surface area (Å²) in [5, 5.41) is 14.7. The van der Waals surface area contributed by atoms with Gasteiger partial charge in [0.05, 0.1) is 11.7 Å². The van der Waals surface area contributed by atoms with Gasteiger partial charge in [0.1, 0.15) is 5.82 Å². The average Bonchev–Trinajstić information content (AvgIpc) is 3.24. The lowest BCUT2D eigenvalue weighted by atomic mass is 10.0. The lowest BCUT2D eigenvalue weighted by molar-refractivity contribution is -0.137. The molecule has 2 aliphatic rings. The first-order valence-corrected chi connectivity index (χ1v) is 8.52. The van der Waals surface area contributed by atoms with Crippen LogP contribution in [0.2, 0.25) is 0 Å². The SMILES string of the molecule is O=C(CCc1n[nH]c(=O)[nH]1)N1CC(n2cc(C3CCCC3)nn2)C1. The van der Waals surface area contributed by atoms with Crippen molar-refractivity contribution in [2.24, 2.45) is 0 Å². The fourth-order valence-electron chi connectivity index (χ4n) is 3.51. The molecule has 0 atom stereocenters. The van der Waals surface area contributed by atoms with E-state index in [4.69, 9.17) is 0 Å². The summed E-state index contributed by atoms with van der Waals surface area (Å²) in [6.45, 7) is 1.34. The minimum Gasteiger partial charge on any atom is -0.338 e. The number of carbonyl (C=O) groups excluding carboxylic acids is 1. The van der Waals surface area contributed by atoms with Crippen LogP contribution >= 0.6 is 0 Å². The Balaban J connectivity index is 1.26. The highest BCUT2D eigenvalue weighted by atomic mass is 16.2. The standard InChI is InChI=1S/C15H21N7O2/c23-14(6-5-13-16-15(24)19-18-13)21-7-11(8-21)22-9-12(17-20-22)10-3-1-2-4-10/h9-11H,1-8H2,(H2,16,18,19,24). The normalized spacial score (nSPS) is 18.9. The van der Waals surface area contributed by atoms with E-state index in [1.165, 1.54) is 25.7 Å². The molecule has 1 aliphatic carbocycles. The lowest BCUT2D eigenvalue weighted by Crippen LogP contribution is -2.51. The molecule has 128 valence electrons. The second-order valence-electron chi connectivity index (χ2n) is 6.68. The smallest absolute Gasteiger partial charge is 0.338 e. The summed E-state index contributed by atoms with van der Waals surface area (Å²) in [5.41, 5.74) is 0.755. The first-order valence-electron chi connectivity index (χ1n) is 8.52. The monoisotopic (exact) mass is 331 g/mol. The van der Waals surface area contributed by atoms with E-state index in [0.29, 0.717) is 37.7 Å². The molecule has 2 N–H and O–H groups in total. The highest BCUT2D eigenvalue weighted by molar-refractivity contribution is 5.77. The quantitative estimate of drug-likeness (QED) is 0.821. The predicted octanol–water partition coefficient (Wildman–Crippen LogP) is 0.363. The van der Waals surface area contributed by atoms with Crippen LogP contribution in [-0.2, 0) is 11.2 Å². The maximum atomic E-state index is 12.1. The first kappa shape index (κ1) is 15.1. The number of aromatic amines is 2. The van der Waals surface area contributed by atoms with E-state index in [2.05, 4.69) is 31.7 Å². The molecule has 0 unspecified atom stereocenters. The van der Waals surface area contributed by atoms with Crippen molar-refractivity contribution in [2.75, 3.05) is 13.1 Å². The molecule has 3 heterocycles. The van der Waals surface area contributed by atoms with Crippen molar-refractivity contribution in [3.63, 3.8) is 0 Å². The van der Waals surface area contributed by atoms with Crippen LogP contribution in [0.15, 0.2) is 11.0 Å².